The number of primary amides is 1. The van der Waals surface area contributed by atoms with Gasteiger partial charge in [0.15, 0.2) is 0 Å². The van der Waals surface area contributed by atoms with Crippen LogP contribution in [-0.4, -0.2) is 50.3 Å². The molecule has 1 aliphatic rings. The van der Waals surface area contributed by atoms with E-state index in [1.54, 1.807) is 0 Å². The van der Waals surface area contributed by atoms with Crippen molar-refractivity contribution in [3.05, 3.63) is 0 Å². The Labute approximate surface area is 78.2 Å². The normalized spacial score (nSPS) is 18.5. The number of carbonyl (C=O) groups excluding carboxylic acids is 1. The number of urea groups is 1. The maximum absolute atomic E-state index is 10.3. The fourth-order valence-electron chi connectivity index (χ4n) is 1.31. The Morgan fingerprint density at radius 3 is 2.77 bits per heavy atom. The summed E-state index contributed by atoms with van der Waals surface area (Å²) >= 11 is 0. The van der Waals surface area contributed by atoms with Crippen LogP contribution in [0.3, 0.4) is 0 Å². The number of nitrogens with two attached hydrogens (primary N) is 1. The Bertz CT molecular complexity index is 157. The van der Waals surface area contributed by atoms with Crippen LogP contribution in [0.1, 0.15) is 6.42 Å². The standard InChI is InChI=1S/C8H16N3O2/c9-8(12)10-2-1-3-11-4-6-13-7-5-11/h1-7H2,(H2,9,12). The molecule has 1 aliphatic heterocycles. The van der Waals surface area contributed by atoms with Crippen LogP contribution >= 0.6 is 0 Å². The Morgan fingerprint density at radius 1 is 1.46 bits per heavy atom. The van der Waals surface area contributed by atoms with E-state index in [0.717, 1.165) is 39.3 Å². The topological polar surface area (TPSA) is 69.7 Å². The first kappa shape index (κ1) is 10.3. The molecule has 5 heteroatoms. The van der Waals surface area contributed by atoms with Crippen LogP contribution in [0.2, 0.25) is 0 Å². The van der Waals surface area contributed by atoms with E-state index in [2.05, 4.69) is 10.2 Å². The summed E-state index contributed by atoms with van der Waals surface area (Å²) in [4.78, 5) is 12.6. The Morgan fingerprint density at radius 2 is 2.15 bits per heavy atom. The van der Waals surface area contributed by atoms with Crippen molar-refractivity contribution in [1.29, 1.82) is 0 Å². The molecule has 2 N–H and O–H groups in total. The number of hydrogen-bond donors (Lipinski definition) is 1. The second-order valence-electron chi connectivity index (χ2n) is 3.03. The monoisotopic (exact) mass is 186 g/mol. The summed E-state index contributed by atoms with van der Waals surface area (Å²) in [6.45, 7) is 5.10. The van der Waals surface area contributed by atoms with Crippen LogP contribution in [0, 0.1) is 0 Å². The van der Waals surface area contributed by atoms with Crippen molar-refractivity contribution in [2.75, 3.05) is 39.4 Å². The number of hydrogen-bond acceptors (Lipinski definition) is 3. The molecule has 13 heavy (non-hydrogen) atoms. The maximum Gasteiger partial charge on any atom is 0.333 e. The lowest BCUT2D eigenvalue weighted by atomic mass is 10.3. The van der Waals surface area contributed by atoms with Gasteiger partial charge in [0.1, 0.15) is 0 Å². The zero-order chi connectivity index (χ0) is 9.52. The first-order valence-corrected chi connectivity index (χ1v) is 4.56. The molecule has 0 saturated carbocycles. The second kappa shape index (κ2) is 5.77. The number of nitrogens with zero attached hydrogens (tertiary/aromatic N) is 2. The van der Waals surface area contributed by atoms with Gasteiger partial charge in [0.2, 0.25) is 0 Å². The van der Waals surface area contributed by atoms with E-state index in [4.69, 9.17) is 10.5 Å². The average molecular weight is 186 g/mol. The minimum absolute atomic E-state index is 0.534. The summed E-state index contributed by atoms with van der Waals surface area (Å²) in [6.07, 6.45) is 0.892. The van der Waals surface area contributed by atoms with Crippen molar-refractivity contribution < 1.29 is 9.53 Å². The van der Waals surface area contributed by atoms with Crippen LogP contribution in [0.15, 0.2) is 0 Å². The van der Waals surface area contributed by atoms with Crippen LogP contribution in [0.4, 0.5) is 4.79 Å². The highest BCUT2D eigenvalue weighted by Crippen LogP contribution is 1.97. The zero-order valence-electron chi connectivity index (χ0n) is 7.74. The summed E-state index contributed by atoms with van der Waals surface area (Å²) in [7, 11) is 0. The van der Waals surface area contributed by atoms with E-state index in [9.17, 15) is 4.79 Å². The largest absolute Gasteiger partial charge is 0.379 e. The van der Waals surface area contributed by atoms with Crippen molar-refractivity contribution in [3.63, 3.8) is 0 Å². The SMILES string of the molecule is NC(=O)[N]CCCN1CCOCC1. The smallest absolute Gasteiger partial charge is 0.333 e. The molecule has 1 radical (unpaired) electrons. The molecule has 0 aliphatic carbocycles. The van der Waals surface area contributed by atoms with Gasteiger partial charge in [0.25, 0.3) is 0 Å². The number of ether oxygens (including phenoxy) is 1. The Balaban J connectivity index is 1.95. The quantitative estimate of drug-likeness (QED) is 0.595. The van der Waals surface area contributed by atoms with E-state index in [1.807, 2.05) is 0 Å². The first-order chi connectivity index (χ1) is 6.29. The van der Waals surface area contributed by atoms with Crippen molar-refractivity contribution in [2.24, 2.45) is 5.73 Å². The molecule has 5 nitrogen and oxygen atoms in total. The van der Waals surface area contributed by atoms with Crippen molar-refractivity contribution in [1.82, 2.24) is 10.2 Å². The summed E-state index contributed by atoms with van der Waals surface area (Å²) in [5, 5.41) is 3.59. The van der Waals surface area contributed by atoms with Crippen molar-refractivity contribution >= 4 is 6.03 Å². The number of rotatable bonds is 4. The second-order valence-corrected chi connectivity index (χ2v) is 3.03. The molecule has 0 atom stereocenters. The van der Waals surface area contributed by atoms with Gasteiger partial charge in [-0.15, -0.1) is 0 Å². The van der Waals surface area contributed by atoms with Gasteiger partial charge in [-0.2, -0.15) is 0 Å². The molecule has 0 aromatic carbocycles. The highest BCUT2D eigenvalue weighted by molar-refractivity contribution is 5.71. The Kier molecular flexibility index (Phi) is 4.56. The lowest BCUT2D eigenvalue weighted by molar-refractivity contribution is 0.0375. The molecule has 2 amide bonds. The molecule has 1 fully saturated rings. The highest BCUT2D eigenvalue weighted by atomic mass is 16.5. The summed E-state index contributed by atoms with van der Waals surface area (Å²) in [5.41, 5.74) is 4.87. The van der Waals surface area contributed by atoms with Gasteiger partial charge >= 0.3 is 6.03 Å². The molecule has 1 rings (SSSR count). The summed E-state index contributed by atoms with van der Waals surface area (Å²) < 4.78 is 5.21. The molecule has 0 aromatic rings. The third-order valence-electron chi connectivity index (χ3n) is 2.00. The fourth-order valence-corrected chi connectivity index (χ4v) is 1.31. The van der Waals surface area contributed by atoms with Crippen LogP contribution in [0.5, 0.6) is 0 Å². The van der Waals surface area contributed by atoms with E-state index in [0.29, 0.717) is 6.54 Å². The van der Waals surface area contributed by atoms with Crippen molar-refractivity contribution in [3.8, 4) is 0 Å². The number of amides is 2. The number of carbonyl (C=O) groups is 1. The molecule has 0 unspecified atom stereocenters. The zero-order valence-corrected chi connectivity index (χ0v) is 7.74. The van der Waals surface area contributed by atoms with Gasteiger partial charge < -0.3 is 10.5 Å². The molecule has 1 heterocycles. The van der Waals surface area contributed by atoms with Gasteiger partial charge in [-0.3, -0.25) is 4.90 Å². The highest BCUT2D eigenvalue weighted by Gasteiger charge is 2.09. The molecule has 0 spiro atoms. The van der Waals surface area contributed by atoms with E-state index in [1.165, 1.54) is 0 Å². The molecule has 0 bridgehead atoms. The van der Waals surface area contributed by atoms with Gasteiger partial charge in [-0.25, -0.2) is 10.1 Å². The minimum Gasteiger partial charge on any atom is -0.379 e. The van der Waals surface area contributed by atoms with Crippen LogP contribution in [-0.2, 0) is 4.74 Å². The predicted molar refractivity (Wildman–Crippen MR) is 48.5 cm³/mol. The molecule has 1 saturated heterocycles. The predicted octanol–water partition coefficient (Wildman–Crippen LogP) is -0.608. The number of morpholine rings is 1. The summed E-state index contributed by atoms with van der Waals surface area (Å²) in [6, 6.07) is -0.568. The third-order valence-corrected chi connectivity index (χ3v) is 2.00. The van der Waals surface area contributed by atoms with Crippen LogP contribution in [0.25, 0.3) is 0 Å². The van der Waals surface area contributed by atoms with E-state index in [-0.39, 0.29) is 0 Å². The van der Waals surface area contributed by atoms with Crippen molar-refractivity contribution in [2.45, 2.75) is 6.42 Å². The first-order valence-electron chi connectivity index (χ1n) is 4.56. The van der Waals surface area contributed by atoms with E-state index < -0.39 is 6.03 Å². The molecule has 75 valence electrons. The summed E-state index contributed by atoms with van der Waals surface area (Å²) in [5.74, 6) is 0. The van der Waals surface area contributed by atoms with Gasteiger partial charge in [0, 0.05) is 26.2 Å². The van der Waals surface area contributed by atoms with E-state index >= 15 is 0 Å². The fraction of sp³-hybridized carbons (Fsp3) is 0.875. The average Bonchev–Trinajstić information content (AvgIpc) is 2.14. The Hall–Kier alpha value is -0.810. The van der Waals surface area contributed by atoms with Crippen LogP contribution < -0.4 is 11.1 Å². The van der Waals surface area contributed by atoms with Gasteiger partial charge in [-0.05, 0) is 6.42 Å². The minimum atomic E-state index is -0.568. The molecular formula is C8H16N3O2. The lowest BCUT2D eigenvalue weighted by Crippen LogP contribution is -2.37. The van der Waals surface area contributed by atoms with Gasteiger partial charge in [-0.1, -0.05) is 0 Å². The third kappa shape index (κ3) is 4.69. The molecular weight excluding hydrogens is 170 g/mol. The molecule has 0 aromatic heterocycles. The maximum atomic E-state index is 10.3. The van der Waals surface area contributed by atoms with Gasteiger partial charge in [0.05, 0.1) is 13.2 Å². The lowest BCUT2D eigenvalue weighted by Gasteiger charge is -2.26.